The quantitative estimate of drug-likeness (QED) is 0.430. The largest absolute Gasteiger partial charge is 0.340 e. The normalized spacial score (nSPS) is 19.1. The van der Waals surface area contributed by atoms with Crippen LogP contribution in [0.1, 0.15) is 29.3 Å². The number of amides is 5. The van der Waals surface area contributed by atoms with Crippen molar-refractivity contribution in [3.8, 4) is 0 Å². The highest BCUT2D eigenvalue weighted by atomic mass is 32.1. The molecule has 2 aliphatic heterocycles. The number of fused-ring (bicyclic) bond motifs is 1. The lowest BCUT2D eigenvalue weighted by molar-refractivity contribution is -0.145. The Labute approximate surface area is 194 Å². The number of hydrogen-bond donors (Lipinski definition) is 0. The third kappa shape index (κ3) is 4.11. The second kappa shape index (κ2) is 8.74. The van der Waals surface area contributed by atoms with E-state index in [-0.39, 0.29) is 18.4 Å². The Hall–Kier alpha value is -3.59. The van der Waals surface area contributed by atoms with Crippen LogP contribution >= 0.6 is 11.3 Å². The van der Waals surface area contributed by atoms with Gasteiger partial charge in [0.1, 0.15) is 6.54 Å². The minimum Gasteiger partial charge on any atom is -0.340 e. The van der Waals surface area contributed by atoms with Gasteiger partial charge in [-0.25, -0.2) is 14.7 Å². The molecule has 168 valence electrons. The van der Waals surface area contributed by atoms with Crippen LogP contribution in [0.2, 0.25) is 0 Å². The average Bonchev–Trinajstić information content (AvgIpc) is 3.36. The first-order valence-corrected chi connectivity index (χ1v) is 11.7. The van der Waals surface area contributed by atoms with Gasteiger partial charge >= 0.3 is 17.8 Å². The zero-order chi connectivity index (χ0) is 22.9. The highest BCUT2D eigenvalue weighted by Crippen LogP contribution is 2.33. The van der Waals surface area contributed by atoms with E-state index in [1.807, 2.05) is 30.3 Å². The molecule has 0 radical (unpaired) electrons. The second-order valence-electron chi connectivity index (χ2n) is 8.25. The van der Waals surface area contributed by atoms with Gasteiger partial charge in [0.05, 0.1) is 21.8 Å². The van der Waals surface area contributed by atoms with E-state index in [1.54, 1.807) is 40.5 Å². The summed E-state index contributed by atoms with van der Waals surface area (Å²) >= 11 is 1.63. The molecular weight excluding hydrogens is 440 g/mol. The van der Waals surface area contributed by atoms with Gasteiger partial charge in [0, 0.05) is 19.0 Å². The minimum absolute atomic E-state index is 0.00165. The molecule has 0 unspecified atom stereocenters. The van der Waals surface area contributed by atoms with E-state index in [2.05, 4.69) is 0 Å². The maximum atomic E-state index is 13.0. The van der Waals surface area contributed by atoms with E-state index >= 15 is 0 Å². The molecule has 0 N–H and O–H groups in total. The fraction of sp³-hybridized carbons (Fsp3) is 0.292. The number of likely N-dealkylation sites (tertiary alicyclic amines) is 1. The Kier molecular flexibility index (Phi) is 5.63. The molecular formula is C24H22N4O4S. The van der Waals surface area contributed by atoms with Gasteiger partial charge in [-0.3, -0.25) is 19.3 Å². The summed E-state index contributed by atoms with van der Waals surface area (Å²) in [7, 11) is 0. The Balaban J connectivity index is 1.26. The summed E-state index contributed by atoms with van der Waals surface area (Å²) in [6.45, 7) is 0.605. The fourth-order valence-electron chi connectivity index (χ4n) is 4.30. The molecule has 2 fully saturated rings. The summed E-state index contributed by atoms with van der Waals surface area (Å²) in [5, 5.41) is 0.992. The second-order valence-corrected chi connectivity index (χ2v) is 9.31. The van der Waals surface area contributed by atoms with Crippen LogP contribution in [-0.4, -0.2) is 63.1 Å². The predicted molar refractivity (Wildman–Crippen MR) is 122 cm³/mol. The van der Waals surface area contributed by atoms with Crippen molar-refractivity contribution in [3.05, 3.63) is 65.2 Å². The standard InChI is InChI=1S/C24H22N4O4S/c29-20(15-28-23(31)22(30)27(24(28)32)13-16-7-2-1-3-8-16)26-12-6-9-17(14-26)21-25-18-10-4-5-11-19(18)33-21/h1-5,7-8,10-11,17H,6,9,12-15H2/t17-/m0/s1. The van der Waals surface area contributed by atoms with Crippen molar-refractivity contribution in [2.75, 3.05) is 19.6 Å². The van der Waals surface area contributed by atoms with E-state index in [0.717, 1.165) is 43.4 Å². The van der Waals surface area contributed by atoms with Crippen molar-refractivity contribution in [1.29, 1.82) is 0 Å². The summed E-state index contributed by atoms with van der Waals surface area (Å²) in [4.78, 5) is 58.7. The molecule has 0 spiro atoms. The third-order valence-corrected chi connectivity index (χ3v) is 7.24. The number of para-hydroxylation sites is 1. The predicted octanol–water partition coefficient (Wildman–Crippen LogP) is 2.99. The fourth-order valence-corrected chi connectivity index (χ4v) is 5.39. The maximum absolute atomic E-state index is 13.0. The number of nitrogens with zero attached hydrogens (tertiary/aromatic N) is 4. The lowest BCUT2D eigenvalue weighted by Crippen LogP contribution is -2.46. The molecule has 8 nitrogen and oxygen atoms in total. The van der Waals surface area contributed by atoms with Crippen molar-refractivity contribution in [2.24, 2.45) is 0 Å². The van der Waals surface area contributed by atoms with E-state index in [4.69, 9.17) is 4.98 Å². The molecule has 33 heavy (non-hydrogen) atoms. The highest BCUT2D eigenvalue weighted by molar-refractivity contribution is 7.18. The van der Waals surface area contributed by atoms with Crippen molar-refractivity contribution < 1.29 is 19.2 Å². The number of carbonyl (C=O) groups is 4. The van der Waals surface area contributed by atoms with E-state index in [0.29, 0.717) is 13.1 Å². The number of aromatic nitrogens is 1. The molecule has 3 heterocycles. The highest BCUT2D eigenvalue weighted by Gasteiger charge is 2.45. The SMILES string of the molecule is O=C(CN1C(=O)C(=O)N(Cc2ccccc2)C1=O)N1CCC[C@H](c2nc3ccccc3s2)C1. The number of carbonyl (C=O) groups excluding carboxylic acids is 4. The Bertz CT molecular complexity index is 1210. The van der Waals surface area contributed by atoms with Crippen molar-refractivity contribution in [2.45, 2.75) is 25.3 Å². The molecule has 0 aliphatic carbocycles. The number of rotatable bonds is 5. The molecule has 5 rings (SSSR count). The van der Waals surface area contributed by atoms with Crippen LogP contribution in [0, 0.1) is 0 Å². The van der Waals surface area contributed by atoms with Gasteiger partial charge in [0.2, 0.25) is 5.91 Å². The van der Waals surface area contributed by atoms with Gasteiger partial charge in [-0.1, -0.05) is 42.5 Å². The number of piperidine rings is 1. The first-order valence-electron chi connectivity index (χ1n) is 10.9. The van der Waals surface area contributed by atoms with Gasteiger partial charge in [-0.2, -0.15) is 0 Å². The van der Waals surface area contributed by atoms with Crippen LogP contribution in [0.5, 0.6) is 0 Å². The zero-order valence-electron chi connectivity index (χ0n) is 17.8. The van der Waals surface area contributed by atoms with Crippen LogP contribution in [0.25, 0.3) is 10.2 Å². The van der Waals surface area contributed by atoms with Crippen molar-refractivity contribution >= 4 is 45.3 Å². The molecule has 5 amide bonds. The van der Waals surface area contributed by atoms with Gasteiger partial charge < -0.3 is 4.90 Å². The number of imide groups is 2. The molecule has 1 atom stereocenters. The number of urea groups is 1. The van der Waals surface area contributed by atoms with Crippen LogP contribution in [-0.2, 0) is 20.9 Å². The van der Waals surface area contributed by atoms with Crippen LogP contribution < -0.4 is 0 Å². The van der Waals surface area contributed by atoms with Gasteiger partial charge in [0.25, 0.3) is 0 Å². The van der Waals surface area contributed by atoms with Crippen LogP contribution in [0.3, 0.4) is 0 Å². The summed E-state index contributed by atoms with van der Waals surface area (Å²) in [5.74, 6) is -2.08. The number of thiazole rings is 1. The summed E-state index contributed by atoms with van der Waals surface area (Å²) in [6, 6.07) is 16.2. The molecule has 2 aliphatic rings. The minimum atomic E-state index is -0.955. The first kappa shape index (κ1) is 21.3. The zero-order valence-corrected chi connectivity index (χ0v) is 18.7. The van der Waals surface area contributed by atoms with E-state index in [1.165, 1.54) is 0 Å². The number of benzene rings is 2. The van der Waals surface area contributed by atoms with Crippen molar-refractivity contribution in [1.82, 2.24) is 19.7 Å². The Morgan fingerprint density at radius 1 is 0.970 bits per heavy atom. The van der Waals surface area contributed by atoms with Gasteiger partial charge in [-0.15, -0.1) is 11.3 Å². The smallest absolute Gasteiger partial charge is 0.335 e. The van der Waals surface area contributed by atoms with E-state index < -0.39 is 24.4 Å². The average molecular weight is 463 g/mol. The maximum Gasteiger partial charge on any atom is 0.335 e. The molecule has 0 bridgehead atoms. The van der Waals surface area contributed by atoms with Crippen LogP contribution in [0.15, 0.2) is 54.6 Å². The van der Waals surface area contributed by atoms with Crippen molar-refractivity contribution in [3.63, 3.8) is 0 Å². The topological polar surface area (TPSA) is 90.9 Å². The van der Waals surface area contributed by atoms with Gasteiger partial charge in [-0.05, 0) is 30.5 Å². The monoisotopic (exact) mass is 462 g/mol. The van der Waals surface area contributed by atoms with Crippen LogP contribution in [0.4, 0.5) is 4.79 Å². The third-order valence-electron chi connectivity index (χ3n) is 6.05. The summed E-state index contributed by atoms with van der Waals surface area (Å²) in [5.41, 5.74) is 1.68. The lowest BCUT2D eigenvalue weighted by atomic mass is 9.98. The molecule has 2 aromatic carbocycles. The van der Waals surface area contributed by atoms with E-state index in [9.17, 15) is 19.2 Å². The summed E-state index contributed by atoms with van der Waals surface area (Å²) < 4.78 is 1.11. The lowest BCUT2D eigenvalue weighted by Gasteiger charge is -2.32. The summed E-state index contributed by atoms with van der Waals surface area (Å²) in [6.07, 6.45) is 1.74. The molecule has 0 saturated carbocycles. The molecule has 1 aromatic heterocycles. The number of hydrogen-bond acceptors (Lipinski definition) is 6. The molecule has 9 heteroatoms. The van der Waals surface area contributed by atoms with Gasteiger partial charge in [0.15, 0.2) is 0 Å². The first-order chi connectivity index (χ1) is 16.0. The molecule has 2 saturated heterocycles. The Morgan fingerprint density at radius 3 is 2.48 bits per heavy atom. The molecule has 3 aromatic rings. The Morgan fingerprint density at radius 2 is 1.70 bits per heavy atom.